The molecule has 0 amide bonds. The summed E-state index contributed by atoms with van der Waals surface area (Å²) in [6.45, 7) is 13.0. The first kappa shape index (κ1) is 22.7. The van der Waals surface area contributed by atoms with Gasteiger partial charge >= 0.3 is 8.80 Å². The number of halogens is 1. The number of hydrogen-bond donors (Lipinski definition) is 0. The van der Waals surface area contributed by atoms with Gasteiger partial charge in [0.25, 0.3) is 0 Å². The maximum atomic E-state index is 6.06. The molecular weight excluding hydrogens is 419 g/mol. The second-order valence-corrected chi connectivity index (χ2v) is 8.20. The van der Waals surface area contributed by atoms with E-state index in [2.05, 4.69) is 22.6 Å². The standard InChI is InChI=1S/C14H31IO6Si/c1-7-16-12(4)19-22(11-10-15,20-13(5)17-8-2)21-14(6)18-9-3/h12-14H,7-11H2,1-6H3. The van der Waals surface area contributed by atoms with Crippen molar-refractivity contribution in [3.63, 3.8) is 0 Å². The average molecular weight is 450 g/mol. The topological polar surface area (TPSA) is 55.4 Å². The Morgan fingerprint density at radius 2 is 1.05 bits per heavy atom. The van der Waals surface area contributed by atoms with Gasteiger partial charge < -0.3 is 27.5 Å². The van der Waals surface area contributed by atoms with Crippen LogP contribution in [0.15, 0.2) is 0 Å². The van der Waals surface area contributed by atoms with Crippen molar-refractivity contribution in [2.75, 3.05) is 24.2 Å². The highest BCUT2D eigenvalue weighted by Crippen LogP contribution is 2.24. The van der Waals surface area contributed by atoms with Crippen molar-refractivity contribution < 1.29 is 27.5 Å². The van der Waals surface area contributed by atoms with Gasteiger partial charge in [0, 0.05) is 30.3 Å². The molecule has 0 rings (SSSR count). The fourth-order valence-electron chi connectivity index (χ4n) is 1.94. The largest absolute Gasteiger partial charge is 0.507 e. The molecule has 0 aromatic carbocycles. The fourth-order valence-corrected chi connectivity index (χ4v) is 6.40. The van der Waals surface area contributed by atoms with Crippen LogP contribution in [0.4, 0.5) is 0 Å². The quantitative estimate of drug-likeness (QED) is 0.175. The summed E-state index contributed by atoms with van der Waals surface area (Å²) in [4.78, 5) is 0. The van der Waals surface area contributed by atoms with Gasteiger partial charge in [-0.25, -0.2) is 0 Å². The second kappa shape index (κ2) is 13.0. The average Bonchev–Trinajstić information content (AvgIpc) is 2.39. The minimum Gasteiger partial charge on any atom is -0.354 e. The third kappa shape index (κ3) is 9.76. The van der Waals surface area contributed by atoms with Crippen LogP contribution in [0.5, 0.6) is 0 Å². The minimum absolute atomic E-state index is 0.401. The van der Waals surface area contributed by atoms with Crippen LogP contribution < -0.4 is 0 Å². The Morgan fingerprint density at radius 3 is 1.27 bits per heavy atom. The van der Waals surface area contributed by atoms with Gasteiger partial charge in [-0.05, 0) is 41.5 Å². The number of rotatable bonds is 14. The summed E-state index contributed by atoms with van der Waals surface area (Å²) in [7, 11) is -2.98. The summed E-state index contributed by atoms with van der Waals surface area (Å²) in [6.07, 6.45) is -1.20. The molecule has 3 unspecified atom stereocenters. The number of alkyl halides is 1. The molecule has 0 bridgehead atoms. The van der Waals surface area contributed by atoms with Gasteiger partial charge in [-0.1, -0.05) is 22.6 Å². The van der Waals surface area contributed by atoms with Gasteiger partial charge in [-0.3, -0.25) is 0 Å². The molecule has 6 nitrogen and oxygen atoms in total. The monoisotopic (exact) mass is 450 g/mol. The summed E-state index contributed by atoms with van der Waals surface area (Å²) >= 11 is 2.29. The van der Waals surface area contributed by atoms with Crippen LogP contribution in [-0.2, 0) is 27.5 Å². The molecule has 0 radical (unpaired) electrons. The van der Waals surface area contributed by atoms with E-state index in [1.165, 1.54) is 0 Å². The van der Waals surface area contributed by atoms with Gasteiger partial charge in [0.15, 0.2) is 0 Å². The lowest BCUT2D eigenvalue weighted by Gasteiger charge is -2.35. The number of ether oxygens (including phenoxy) is 3. The third-order valence-corrected chi connectivity index (χ3v) is 7.13. The lowest BCUT2D eigenvalue weighted by atomic mass is 10.7. The van der Waals surface area contributed by atoms with Crippen LogP contribution >= 0.6 is 22.6 Å². The molecule has 0 aliphatic heterocycles. The van der Waals surface area contributed by atoms with Crippen molar-refractivity contribution >= 4 is 31.4 Å². The van der Waals surface area contributed by atoms with Crippen LogP contribution in [0.25, 0.3) is 0 Å². The molecule has 134 valence electrons. The highest BCUT2D eigenvalue weighted by Gasteiger charge is 2.46. The van der Waals surface area contributed by atoms with Crippen LogP contribution in [0.2, 0.25) is 6.04 Å². The normalized spacial score (nSPS) is 18.7. The maximum absolute atomic E-state index is 6.06. The highest BCUT2D eigenvalue weighted by molar-refractivity contribution is 14.1. The van der Waals surface area contributed by atoms with E-state index in [0.717, 1.165) is 4.43 Å². The van der Waals surface area contributed by atoms with Gasteiger partial charge in [0.1, 0.15) is 18.9 Å². The molecule has 0 aliphatic carbocycles. The van der Waals surface area contributed by atoms with E-state index < -0.39 is 27.7 Å². The molecule has 0 N–H and O–H groups in total. The fraction of sp³-hybridized carbons (Fsp3) is 1.00. The number of hydrogen-bond acceptors (Lipinski definition) is 6. The van der Waals surface area contributed by atoms with Gasteiger partial charge in [0.2, 0.25) is 0 Å². The van der Waals surface area contributed by atoms with E-state index in [9.17, 15) is 0 Å². The Balaban J connectivity index is 5.05. The van der Waals surface area contributed by atoms with E-state index in [-0.39, 0.29) is 0 Å². The Bertz CT molecular complexity index is 236. The van der Waals surface area contributed by atoms with Crippen LogP contribution in [0.1, 0.15) is 41.5 Å². The lowest BCUT2D eigenvalue weighted by molar-refractivity contribution is -0.175. The molecule has 8 heteroatoms. The SMILES string of the molecule is CCOC(C)O[Si](CCI)(OC(C)OCC)OC(C)OCC. The Kier molecular flexibility index (Phi) is 13.5. The van der Waals surface area contributed by atoms with Gasteiger partial charge in [0.05, 0.1) is 0 Å². The highest BCUT2D eigenvalue weighted by atomic mass is 127. The van der Waals surface area contributed by atoms with E-state index in [4.69, 9.17) is 27.5 Å². The maximum Gasteiger partial charge on any atom is 0.507 e. The predicted molar refractivity (Wildman–Crippen MR) is 96.0 cm³/mol. The summed E-state index contributed by atoms with van der Waals surface area (Å²) in [5.74, 6) is 0. The van der Waals surface area contributed by atoms with E-state index in [0.29, 0.717) is 25.9 Å². The van der Waals surface area contributed by atoms with Gasteiger partial charge in [-0.2, -0.15) is 0 Å². The Morgan fingerprint density at radius 1 is 0.727 bits per heavy atom. The molecule has 0 heterocycles. The van der Waals surface area contributed by atoms with E-state index in [1.807, 2.05) is 41.5 Å². The molecule has 0 spiro atoms. The van der Waals surface area contributed by atoms with Gasteiger partial charge in [-0.15, -0.1) is 0 Å². The van der Waals surface area contributed by atoms with Crippen LogP contribution in [0, 0.1) is 0 Å². The lowest BCUT2D eigenvalue weighted by Crippen LogP contribution is -2.53. The summed E-state index contributed by atoms with van der Waals surface area (Å²) in [5.41, 5.74) is 0. The van der Waals surface area contributed by atoms with E-state index >= 15 is 0 Å². The summed E-state index contributed by atoms with van der Waals surface area (Å²) < 4.78 is 35.5. The summed E-state index contributed by atoms with van der Waals surface area (Å²) in [6, 6.07) is 0.666. The smallest absolute Gasteiger partial charge is 0.354 e. The molecule has 0 saturated heterocycles. The Hall–Kier alpha value is 0.707. The molecule has 0 fully saturated rings. The minimum atomic E-state index is -2.98. The second-order valence-electron chi connectivity index (χ2n) is 4.54. The molecule has 22 heavy (non-hydrogen) atoms. The molecule has 0 aromatic rings. The third-order valence-electron chi connectivity index (χ3n) is 2.64. The van der Waals surface area contributed by atoms with Crippen molar-refractivity contribution in [1.29, 1.82) is 0 Å². The van der Waals surface area contributed by atoms with Crippen molar-refractivity contribution in [3.8, 4) is 0 Å². The zero-order valence-corrected chi connectivity index (χ0v) is 17.8. The first-order valence-electron chi connectivity index (χ1n) is 7.87. The first-order valence-corrected chi connectivity index (χ1v) is 11.3. The first-order chi connectivity index (χ1) is 10.4. The van der Waals surface area contributed by atoms with Crippen LogP contribution in [0.3, 0.4) is 0 Å². The van der Waals surface area contributed by atoms with Crippen molar-refractivity contribution in [1.82, 2.24) is 0 Å². The van der Waals surface area contributed by atoms with Crippen molar-refractivity contribution in [2.24, 2.45) is 0 Å². The van der Waals surface area contributed by atoms with Crippen molar-refractivity contribution in [2.45, 2.75) is 66.5 Å². The zero-order valence-electron chi connectivity index (χ0n) is 14.6. The van der Waals surface area contributed by atoms with Crippen molar-refractivity contribution in [3.05, 3.63) is 0 Å². The van der Waals surface area contributed by atoms with Crippen LogP contribution in [-0.4, -0.2) is 51.9 Å². The molecule has 0 aliphatic rings. The Labute approximate surface area is 149 Å². The molecule has 0 saturated carbocycles. The molecule has 0 aromatic heterocycles. The summed E-state index contributed by atoms with van der Waals surface area (Å²) in [5, 5.41) is 0. The predicted octanol–water partition coefficient (Wildman–Crippen LogP) is 3.56. The molecular formula is C14H31IO6Si. The zero-order chi connectivity index (χ0) is 17.0. The van der Waals surface area contributed by atoms with E-state index in [1.54, 1.807) is 0 Å². The molecule has 3 atom stereocenters.